The zero-order chi connectivity index (χ0) is 12.9. The first kappa shape index (κ1) is 11.1. The van der Waals surface area contributed by atoms with Crippen molar-refractivity contribution in [2.75, 3.05) is 0 Å². The molecule has 0 radical (unpaired) electrons. The lowest BCUT2D eigenvalue weighted by molar-refractivity contribution is -0.143. The molecular formula is C13H9F3N2. The third-order valence-corrected chi connectivity index (χ3v) is 3.40. The Kier molecular flexibility index (Phi) is 2.18. The summed E-state index contributed by atoms with van der Waals surface area (Å²) in [6.07, 6.45) is -3.99. The molecule has 2 heterocycles. The molecule has 0 bridgehead atoms. The fraction of sp³-hybridized carbons (Fsp3) is 0.308. The van der Waals surface area contributed by atoms with Crippen molar-refractivity contribution < 1.29 is 13.2 Å². The molecule has 1 aliphatic heterocycles. The molecule has 0 atom stereocenters. The van der Waals surface area contributed by atoms with Gasteiger partial charge in [-0.1, -0.05) is 18.2 Å². The first-order valence-electron chi connectivity index (χ1n) is 5.61. The van der Waals surface area contributed by atoms with E-state index in [-0.39, 0.29) is 12.0 Å². The van der Waals surface area contributed by atoms with Crippen molar-refractivity contribution in [1.29, 1.82) is 5.26 Å². The van der Waals surface area contributed by atoms with Crippen LogP contribution in [0.25, 0.3) is 10.9 Å². The number of hydrogen-bond donors (Lipinski definition) is 0. The zero-order valence-corrected chi connectivity index (χ0v) is 9.38. The number of benzene rings is 1. The predicted molar refractivity (Wildman–Crippen MR) is 60.0 cm³/mol. The van der Waals surface area contributed by atoms with Gasteiger partial charge in [-0.15, -0.1) is 0 Å². The fourth-order valence-corrected chi connectivity index (χ4v) is 2.80. The smallest absolute Gasteiger partial charge is 0.336 e. The minimum absolute atomic E-state index is 0.113. The molecule has 2 aromatic rings. The second-order valence-electron chi connectivity index (χ2n) is 4.37. The highest BCUT2D eigenvalue weighted by Gasteiger charge is 2.40. The van der Waals surface area contributed by atoms with E-state index in [1.807, 2.05) is 12.1 Å². The number of nitriles is 1. The first-order valence-corrected chi connectivity index (χ1v) is 5.61. The number of alkyl halides is 3. The maximum Gasteiger partial charge on any atom is 0.431 e. The quantitative estimate of drug-likeness (QED) is 0.763. The van der Waals surface area contributed by atoms with Crippen LogP contribution >= 0.6 is 0 Å². The minimum atomic E-state index is -4.41. The van der Waals surface area contributed by atoms with Crippen LogP contribution in [0.5, 0.6) is 0 Å². The molecule has 0 fully saturated rings. The molecule has 0 saturated heterocycles. The van der Waals surface area contributed by atoms with Crippen molar-refractivity contribution in [3.63, 3.8) is 0 Å². The van der Waals surface area contributed by atoms with Crippen LogP contribution in [0.4, 0.5) is 13.2 Å². The third-order valence-electron chi connectivity index (χ3n) is 3.40. The van der Waals surface area contributed by atoms with Gasteiger partial charge in [-0.05, 0) is 12.0 Å². The van der Waals surface area contributed by atoms with Gasteiger partial charge in [-0.3, -0.25) is 0 Å². The molecular weight excluding hydrogens is 241 g/mol. The van der Waals surface area contributed by atoms with E-state index in [0.29, 0.717) is 23.9 Å². The van der Waals surface area contributed by atoms with Gasteiger partial charge >= 0.3 is 6.18 Å². The third kappa shape index (κ3) is 1.35. The van der Waals surface area contributed by atoms with Crippen molar-refractivity contribution in [1.82, 2.24) is 4.57 Å². The molecule has 0 unspecified atom stereocenters. The van der Waals surface area contributed by atoms with Crippen LogP contribution in [0.1, 0.15) is 16.8 Å². The van der Waals surface area contributed by atoms with Crippen LogP contribution in [-0.4, -0.2) is 4.57 Å². The van der Waals surface area contributed by atoms with Crippen LogP contribution in [0.3, 0.4) is 0 Å². The van der Waals surface area contributed by atoms with Gasteiger partial charge in [0.2, 0.25) is 0 Å². The van der Waals surface area contributed by atoms with Gasteiger partial charge < -0.3 is 4.57 Å². The Labute approximate surface area is 101 Å². The lowest BCUT2D eigenvalue weighted by Crippen LogP contribution is -2.14. The van der Waals surface area contributed by atoms with E-state index in [1.165, 1.54) is 4.57 Å². The van der Waals surface area contributed by atoms with Gasteiger partial charge in [0.1, 0.15) is 5.69 Å². The van der Waals surface area contributed by atoms with Gasteiger partial charge in [0.05, 0.1) is 18.0 Å². The molecule has 1 aromatic carbocycles. The molecule has 92 valence electrons. The molecule has 3 rings (SSSR count). The molecule has 0 aliphatic carbocycles. The summed E-state index contributed by atoms with van der Waals surface area (Å²) in [4.78, 5) is 0. The molecule has 0 amide bonds. The molecule has 0 spiro atoms. The Balaban J connectivity index is 2.43. The topological polar surface area (TPSA) is 28.7 Å². The van der Waals surface area contributed by atoms with E-state index >= 15 is 0 Å². The van der Waals surface area contributed by atoms with Crippen LogP contribution in [0.2, 0.25) is 0 Å². The summed E-state index contributed by atoms with van der Waals surface area (Å²) in [5, 5.41) is 9.31. The molecule has 0 saturated carbocycles. The van der Waals surface area contributed by atoms with Gasteiger partial charge in [-0.2, -0.15) is 18.4 Å². The first-order chi connectivity index (χ1) is 8.54. The standard InChI is InChI=1S/C13H9F3N2/c14-13(15,16)12-10(4-6-17)9-3-1-2-8-5-7-18(12)11(8)9/h1-3H,4-5,7H2. The number of aryl methyl sites for hydroxylation is 2. The van der Waals surface area contributed by atoms with E-state index in [0.717, 1.165) is 5.56 Å². The zero-order valence-electron chi connectivity index (χ0n) is 9.38. The lowest BCUT2D eigenvalue weighted by Gasteiger charge is -2.11. The van der Waals surface area contributed by atoms with E-state index in [9.17, 15) is 13.2 Å². The highest BCUT2D eigenvalue weighted by atomic mass is 19.4. The highest BCUT2D eigenvalue weighted by molar-refractivity contribution is 5.90. The summed E-state index contributed by atoms with van der Waals surface area (Å²) in [6, 6.07) is 7.11. The molecule has 0 N–H and O–H groups in total. The fourth-order valence-electron chi connectivity index (χ4n) is 2.80. The van der Waals surface area contributed by atoms with Crippen molar-refractivity contribution in [3.8, 4) is 6.07 Å². The normalized spacial score (nSPS) is 14.1. The monoisotopic (exact) mass is 250 g/mol. The number of nitrogens with zero attached hydrogens (tertiary/aromatic N) is 2. The average Bonchev–Trinajstić information content (AvgIpc) is 2.83. The van der Waals surface area contributed by atoms with E-state index in [2.05, 4.69) is 0 Å². The summed E-state index contributed by atoms with van der Waals surface area (Å²) in [5.41, 5.74) is 1.04. The second kappa shape index (κ2) is 3.52. The molecule has 5 heteroatoms. The highest BCUT2D eigenvalue weighted by Crippen LogP contribution is 2.41. The Morgan fingerprint density at radius 3 is 2.78 bits per heavy atom. The maximum absolute atomic E-state index is 13.2. The Morgan fingerprint density at radius 2 is 2.11 bits per heavy atom. The summed E-state index contributed by atoms with van der Waals surface area (Å²) in [7, 11) is 0. The van der Waals surface area contributed by atoms with E-state index in [4.69, 9.17) is 5.26 Å². The second-order valence-corrected chi connectivity index (χ2v) is 4.37. The van der Waals surface area contributed by atoms with Crippen LogP contribution in [-0.2, 0) is 25.6 Å². The Morgan fingerprint density at radius 1 is 1.33 bits per heavy atom. The summed E-state index contributed by atoms with van der Waals surface area (Å²) < 4.78 is 40.8. The van der Waals surface area contributed by atoms with Crippen molar-refractivity contribution in [2.24, 2.45) is 0 Å². The van der Waals surface area contributed by atoms with E-state index in [1.54, 1.807) is 12.1 Å². The van der Waals surface area contributed by atoms with Crippen LogP contribution < -0.4 is 0 Å². The summed E-state index contributed by atoms with van der Waals surface area (Å²) in [5.74, 6) is 0. The lowest BCUT2D eigenvalue weighted by atomic mass is 10.0. The maximum atomic E-state index is 13.2. The number of para-hydroxylation sites is 1. The van der Waals surface area contributed by atoms with Crippen molar-refractivity contribution in [2.45, 2.75) is 25.6 Å². The van der Waals surface area contributed by atoms with Gasteiger partial charge in [0, 0.05) is 17.5 Å². The molecule has 1 aliphatic rings. The Bertz CT molecular complexity index is 674. The van der Waals surface area contributed by atoms with Crippen LogP contribution in [0, 0.1) is 11.3 Å². The van der Waals surface area contributed by atoms with Gasteiger partial charge in [-0.25, -0.2) is 0 Å². The number of aromatic nitrogens is 1. The molecule has 18 heavy (non-hydrogen) atoms. The molecule has 1 aromatic heterocycles. The van der Waals surface area contributed by atoms with Gasteiger partial charge in [0.25, 0.3) is 0 Å². The molecule has 2 nitrogen and oxygen atoms in total. The van der Waals surface area contributed by atoms with E-state index < -0.39 is 11.9 Å². The summed E-state index contributed by atoms with van der Waals surface area (Å²) >= 11 is 0. The van der Waals surface area contributed by atoms with Gasteiger partial charge in [0.15, 0.2) is 0 Å². The van der Waals surface area contributed by atoms with Crippen LogP contribution in [0.15, 0.2) is 18.2 Å². The Hall–Kier alpha value is -1.96. The summed E-state index contributed by atoms with van der Waals surface area (Å²) in [6.45, 7) is 0.343. The largest absolute Gasteiger partial charge is 0.431 e. The number of halogens is 3. The SMILES string of the molecule is N#CCc1c(C(F)(F)F)n2c3c(cccc13)CC2. The average molecular weight is 250 g/mol. The predicted octanol–water partition coefficient (Wildman–Crippen LogP) is 3.28. The minimum Gasteiger partial charge on any atom is -0.336 e. The number of hydrogen-bond acceptors (Lipinski definition) is 1. The van der Waals surface area contributed by atoms with Crippen molar-refractivity contribution >= 4 is 10.9 Å². The van der Waals surface area contributed by atoms with Crippen molar-refractivity contribution in [3.05, 3.63) is 35.0 Å². The number of rotatable bonds is 1.